The van der Waals surface area contributed by atoms with E-state index in [1.54, 1.807) is 0 Å². The van der Waals surface area contributed by atoms with Crippen LogP contribution in [-0.2, 0) is 0 Å². The average molecular weight is 938 g/mol. The number of hydrogen-bond donors (Lipinski definition) is 0. The molecule has 2 heterocycles. The third kappa shape index (κ3) is 8.68. The minimum atomic E-state index is 0.904. The normalized spacial score (nSPS) is 11.2. The fraction of sp³-hybridized carbons (Fsp3) is 0.0286. The molecule has 0 saturated carbocycles. The van der Waals surface area contributed by atoms with Gasteiger partial charge in [-0.3, -0.25) is 0 Å². The van der Waals surface area contributed by atoms with Gasteiger partial charge in [0.2, 0.25) is 0 Å². The predicted octanol–water partition coefficient (Wildman–Crippen LogP) is 19.9. The molecule has 73 heavy (non-hydrogen) atoms. The van der Waals surface area contributed by atoms with Gasteiger partial charge in [-0.15, -0.1) is 0 Å². The average Bonchev–Trinajstić information content (AvgIpc) is 4.07. The van der Waals surface area contributed by atoms with Crippen molar-refractivity contribution in [2.24, 2.45) is 0 Å². The summed E-state index contributed by atoms with van der Waals surface area (Å²) in [7, 11) is 2.12. The first-order valence-corrected chi connectivity index (χ1v) is 24.9. The third-order valence-electron chi connectivity index (χ3n) is 13.9. The highest BCUT2D eigenvalue weighted by molar-refractivity contribution is 6.25. The lowest BCUT2D eigenvalue weighted by Crippen LogP contribution is -2.08. The Kier molecular flexibility index (Phi) is 12.1. The second-order valence-electron chi connectivity index (χ2n) is 18.5. The molecule has 3 nitrogen and oxygen atoms in total. The van der Waals surface area contributed by atoms with E-state index < -0.39 is 0 Å². The van der Waals surface area contributed by atoms with E-state index >= 15 is 0 Å². The van der Waals surface area contributed by atoms with Crippen LogP contribution in [0.25, 0.3) is 110 Å². The molecule has 0 unspecified atom stereocenters. The molecule has 2 aromatic heterocycles. The number of hydrogen-bond acceptors (Lipinski definition) is 3. The molecule has 348 valence electrons. The van der Waals surface area contributed by atoms with Crippen molar-refractivity contribution >= 4 is 76.8 Å². The standard InChI is InChI=1S/C57H37NO2.C7H8.C6H6/c1-58(42-30-26-38(27-31-42)46-22-12-24-48-52-44-20-10-8-18-40(44)34-50(56(52)59-54(46)48)36-14-4-2-5-15-36)43-32-28-39(29-33-43)47-23-13-25-49-53-45-21-11-9-19-41(45)35-51(57(53)60-55(47)49)37-16-6-3-7-17-37;1-7-5-3-2-4-6-7;1-2-4-6-5-3-1/h2-35H,1H3;2-6H,1H3;1-6H. The van der Waals surface area contributed by atoms with Crippen LogP contribution in [-0.4, -0.2) is 7.05 Å². The van der Waals surface area contributed by atoms with E-state index in [2.05, 4.69) is 237 Å². The van der Waals surface area contributed by atoms with Crippen molar-refractivity contribution in [1.82, 2.24) is 0 Å². The zero-order chi connectivity index (χ0) is 49.1. The van der Waals surface area contributed by atoms with Gasteiger partial charge in [0.25, 0.3) is 0 Å². The summed E-state index contributed by atoms with van der Waals surface area (Å²) in [6.07, 6.45) is 0. The second kappa shape index (κ2) is 19.8. The number of furan rings is 2. The van der Waals surface area contributed by atoms with Gasteiger partial charge in [0.1, 0.15) is 22.3 Å². The molecular weight excluding hydrogens is 887 g/mol. The van der Waals surface area contributed by atoms with Crippen LogP contribution in [0.4, 0.5) is 11.4 Å². The Balaban J connectivity index is 0.000000366. The number of aryl methyl sites for hydroxylation is 1. The molecule has 0 saturated heterocycles. The maximum absolute atomic E-state index is 6.90. The van der Waals surface area contributed by atoms with E-state index in [4.69, 9.17) is 8.83 Å². The molecule has 14 rings (SSSR count). The van der Waals surface area contributed by atoms with Gasteiger partial charge in [-0.1, -0.05) is 242 Å². The van der Waals surface area contributed by atoms with Gasteiger partial charge in [0.15, 0.2) is 0 Å². The lowest BCUT2D eigenvalue weighted by Gasteiger charge is -2.20. The number of fused-ring (bicyclic) bond motifs is 10. The molecule has 0 aliphatic carbocycles. The zero-order valence-corrected chi connectivity index (χ0v) is 40.7. The minimum absolute atomic E-state index is 0.904. The summed E-state index contributed by atoms with van der Waals surface area (Å²) in [5, 5.41) is 9.38. The van der Waals surface area contributed by atoms with Crippen molar-refractivity contribution in [3.05, 3.63) is 279 Å². The lowest BCUT2D eigenvalue weighted by atomic mass is 9.95. The number of para-hydroxylation sites is 2. The van der Waals surface area contributed by atoms with Gasteiger partial charge >= 0.3 is 0 Å². The molecule has 0 spiro atoms. The van der Waals surface area contributed by atoms with E-state index in [1.165, 1.54) is 27.1 Å². The fourth-order valence-corrected chi connectivity index (χ4v) is 10.2. The van der Waals surface area contributed by atoms with Crippen molar-refractivity contribution in [1.29, 1.82) is 0 Å². The summed E-state index contributed by atoms with van der Waals surface area (Å²) in [6, 6.07) is 95.7. The van der Waals surface area contributed by atoms with Crippen molar-refractivity contribution in [3.8, 4) is 44.5 Å². The molecule has 0 amide bonds. The van der Waals surface area contributed by atoms with Gasteiger partial charge in [-0.05, 0) is 87.1 Å². The second-order valence-corrected chi connectivity index (χ2v) is 18.5. The van der Waals surface area contributed by atoms with Crippen LogP contribution in [0.5, 0.6) is 0 Å². The summed E-state index contributed by atoms with van der Waals surface area (Å²) in [4.78, 5) is 2.23. The Labute approximate surface area is 425 Å². The Morgan fingerprint density at radius 2 is 0.603 bits per heavy atom. The molecule has 3 heteroatoms. The molecule has 0 aliphatic rings. The number of benzene rings is 12. The molecule has 0 fully saturated rings. The topological polar surface area (TPSA) is 29.5 Å². The molecule has 0 aliphatic heterocycles. The molecular formula is C70H51NO2. The first kappa shape index (κ1) is 44.7. The Hall–Kier alpha value is -9.44. The van der Waals surface area contributed by atoms with Gasteiger partial charge in [-0.25, -0.2) is 0 Å². The van der Waals surface area contributed by atoms with Gasteiger partial charge in [-0.2, -0.15) is 0 Å². The largest absolute Gasteiger partial charge is 0.455 e. The van der Waals surface area contributed by atoms with Crippen LogP contribution in [0.1, 0.15) is 5.56 Å². The van der Waals surface area contributed by atoms with Gasteiger partial charge in [0, 0.05) is 62.2 Å². The number of nitrogens with zero attached hydrogens (tertiary/aromatic N) is 1. The van der Waals surface area contributed by atoms with Crippen LogP contribution >= 0.6 is 0 Å². The molecule has 0 bridgehead atoms. The van der Waals surface area contributed by atoms with Gasteiger partial charge in [0.05, 0.1) is 0 Å². The summed E-state index contributed by atoms with van der Waals surface area (Å²) < 4.78 is 13.8. The van der Waals surface area contributed by atoms with Crippen LogP contribution in [0, 0.1) is 6.92 Å². The number of rotatable bonds is 6. The van der Waals surface area contributed by atoms with Crippen LogP contribution in [0.3, 0.4) is 0 Å². The third-order valence-corrected chi connectivity index (χ3v) is 13.9. The SMILES string of the molecule is CN(c1ccc(-c2cccc3c2oc2c(-c4ccccc4)cc4ccccc4c23)cc1)c1ccc(-c2cccc3c2oc2c(-c4ccccc4)cc4ccccc4c23)cc1.Cc1ccccc1.c1ccccc1. The molecule has 14 aromatic rings. The Morgan fingerprint density at radius 1 is 0.274 bits per heavy atom. The van der Waals surface area contributed by atoms with E-state index in [0.717, 1.165) is 99.8 Å². The first-order chi connectivity index (χ1) is 36.1. The smallest absolute Gasteiger partial charge is 0.143 e. The maximum Gasteiger partial charge on any atom is 0.143 e. The van der Waals surface area contributed by atoms with E-state index in [9.17, 15) is 0 Å². The van der Waals surface area contributed by atoms with Crippen LogP contribution in [0.2, 0.25) is 0 Å². The van der Waals surface area contributed by atoms with Crippen molar-refractivity contribution in [2.45, 2.75) is 6.92 Å². The van der Waals surface area contributed by atoms with Crippen molar-refractivity contribution in [3.63, 3.8) is 0 Å². The van der Waals surface area contributed by atoms with Gasteiger partial charge < -0.3 is 13.7 Å². The molecule has 12 aromatic carbocycles. The lowest BCUT2D eigenvalue weighted by molar-refractivity contribution is 0.671. The predicted molar refractivity (Wildman–Crippen MR) is 310 cm³/mol. The number of anilines is 2. The van der Waals surface area contributed by atoms with E-state index in [0.29, 0.717) is 0 Å². The van der Waals surface area contributed by atoms with E-state index in [-0.39, 0.29) is 0 Å². The monoisotopic (exact) mass is 937 g/mol. The maximum atomic E-state index is 6.90. The van der Waals surface area contributed by atoms with Crippen molar-refractivity contribution in [2.75, 3.05) is 11.9 Å². The highest BCUT2D eigenvalue weighted by Gasteiger charge is 2.21. The van der Waals surface area contributed by atoms with Crippen LogP contribution < -0.4 is 4.90 Å². The Morgan fingerprint density at radius 3 is 0.986 bits per heavy atom. The van der Waals surface area contributed by atoms with E-state index in [1.807, 2.05) is 54.6 Å². The minimum Gasteiger partial charge on any atom is -0.455 e. The summed E-state index contributed by atoms with van der Waals surface area (Å²) in [6.45, 7) is 2.08. The highest BCUT2D eigenvalue weighted by atomic mass is 16.3. The molecule has 0 radical (unpaired) electrons. The molecule has 0 atom stereocenters. The Bertz CT molecular complexity index is 3910. The molecule has 0 N–H and O–H groups in total. The van der Waals surface area contributed by atoms with Crippen LogP contribution in [0.15, 0.2) is 282 Å². The zero-order valence-electron chi connectivity index (χ0n) is 40.7. The highest BCUT2D eigenvalue weighted by Crippen LogP contribution is 2.46. The fourth-order valence-electron chi connectivity index (χ4n) is 10.2. The summed E-state index contributed by atoms with van der Waals surface area (Å²) in [5.74, 6) is 0. The first-order valence-electron chi connectivity index (χ1n) is 24.9. The summed E-state index contributed by atoms with van der Waals surface area (Å²) >= 11 is 0. The summed E-state index contributed by atoms with van der Waals surface area (Å²) in [5.41, 5.74) is 16.0. The quantitative estimate of drug-likeness (QED) is 0.166. The van der Waals surface area contributed by atoms with Crippen molar-refractivity contribution < 1.29 is 8.83 Å².